The predicted molar refractivity (Wildman–Crippen MR) is 87.4 cm³/mol. The molecule has 0 saturated heterocycles. The zero-order valence-corrected chi connectivity index (χ0v) is 12.1. The van der Waals surface area contributed by atoms with Crippen LogP contribution in [-0.2, 0) is 0 Å². The number of nitrogens with zero attached hydrogens (tertiary/aromatic N) is 2. The van der Waals surface area contributed by atoms with Gasteiger partial charge in [-0.25, -0.2) is 9.97 Å². The predicted octanol–water partition coefficient (Wildman–Crippen LogP) is 3.68. The molecule has 22 heavy (non-hydrogen) atoms. The van der Waals surface area contributed by atoms with Gasteiger partial charge in [-0.15, -0.1) is 0 Å². The molecule has 2 aromatic carbocycles. The molecule has 0 aliphatic heterocycles. The second-order valence-corrected chi connectivity index (χ2v) is 5.40. The Bertz CT molecular complexity index is 683. The molecule has 0 radical (unpaired) electrons. The lowest BCUT2D eigenvalue weighted by Crippen LogP contribution is -2.08. The molecule has 2 atom stereocenters. The van der Waals surface area contributed by atoms with Crippen LogP contribution in [0.15, 0.2) is 79.1 Å². The lowest BCUT2D eigenvalue weighted by atomic mass is 10.0. The Morgan fingerprint density at radius 1 is 0.773 bits per heavy atom. The van der Waals surface area contributed by atoms with E-state index in [1.807, 2.05) is 12.1 Å². The molecule has 1 aliphatic carbocycles. The van der Waals surface area contributed by atoms with E-state index < -0.39 is 0 Å². The summed E-state index contributed by atoms with van der Waals surface area (Å²) in [6.45, 7) is 0. The maximum atomic E-state index is 4.28. The largest absolute Gasteiger partial charge is 0.334 e. The minimum atomic E-state index is 0.257. The van der Waals surface area contributed by atoms with E-state index >= 15 is 0 Å². The van der Waals surface area contributed by atoms with E-state index in [4.69, 9.17) is 0 Å². The molecule has 3 nitrogen and oxygen atoms in total. The number of benzene rings is 2. The summed E-state index contributed by atoms with van der Waals surface area (Å²) in [4.78, 5) is 8.56. The number of hydrogen-bond acceptors (Lipinski definition) is 3. The highest BCUT2D eigenvalue weighted by Crippen LogP contribution is 2.54. The van der Waals surface area contributed by atoms with E-state index in [1.54, 1.807) is 12.4 Å². The first-order valence-corrected chi connectivity index (χ1v) is 7.44. The molecule has 106 valence electrons. The molecule has 2 unspecified atom stereocenters. The number of nitrogens with one attached hydrogen (secondary N) is 1. The van der Waals surface area contributed by atoms with Gasteiger partial charge < -0.3 is 5.32 Å². The maximum Gasteiger partial charge on any atom is 0.224 e. The standard InChI is InChI=1S/C19H16N3/c1-3-8-14(9-4-1)16-17(15-10-5-2-6-11-15)18(16)22-19-20-12-7-13-21-19/h1-13,16,18H,(H,20,21,22)/q+1. The van der Waals surface area contributed by atoms with Gasteiger partial charge >= 0.3 is 0 Å². The van der Waals surface area contributed by atoms with Gasteiger partial charge in [-0.05, 0) is 29.8 Å². The number of aromatic nitrogens is 2. The average molecular weight is 286 g/mol. The van der Waals surface area contributed by atoms with E-state index in [1.165, 1.54) is 17.0 Å². The van der Waals surface area contributed by atoms with Crippen LogP contribution in [0, 0.1) is 5.92 Å². The zero-order chi connectivity index (χ0) is 14.8. The minimum Gasteiger partial charge on any atom is -0.334 e. The van der Waals surface area contributed by atoms with Crippen LogP contribution < -0.4 is 5.32 Å². The summed E-state index contributed by atoms with van der Waals surface area (Å²) < 4.78 is 0. The van der Waals surface area contributed by atoms with Crippen molar-refractivity contribution >= 4 is 5.95 Å². The Kier molecular flexibility index (Phi) is 3.24. The Morgan fingerprint density at radius 2 is 1.41 bits per heavy atom. The Labute approximate surface area is 130 Å². The normalized spacial score (nSPS) is 19.7. The molecule has 1 N–H and O–H groups in total. The molecule has 0 spiro atoms. The molecular formula is C19H16N3+. The minimum absolute atomic E-state index is 0.257. The summed E-state index contributed by atoms with van der Waals surface area (Å²) in [6.07, 6.45) is 3.52. The lowest BCUT2D eigenvalue weighted by Gasteiger charge is -2.00. The monoisotopic (exact) mass is 286 g/mol. The van der Waals surface area contributed by atoms with E-state index in [0.29, 0.717) is 11.9 Å². The molecule has 3 heteroatoms. The number of hydrogen-bond donors (Lipinski definition) is 1. The molecule has 4 rings (SSSR count). The lowest BCUT2D eigenvalue weighted by molar-refractivity contribution is 1.00. The van der Waals surface area contributed by atoms with Crippen molar-refractivity contribution in [3.05, 3.63) is 96.2 Å². The van der Waals surface area contributed by atoms with E-state index in [2.05, 4.69) is 69.9 Å². The van der Waals surface area contributed by atoms with E-state index in [-0.39, 0.29) is 6.04 Å². The zero-order valence-electron chi connectivity index (χ0n) is 12.1. The van der Waals surface area contributed by atoms with Crippen molar-refractivity contribution in [3.63, 3.8) is 0 Å². The fourth-order valence-corrected chi connectivity index (χ4v) is 2.96. The van der Waals surface area contributed by atoms with Crippen molar-refractivity contribution in [2.45, 2.75) is 12.0 Å². The summed E-state index contributed by atoms with van der Waals surface area (Å²) >= 11 is 0. The molecular weight excluding hydrogens is 270 g/mol. The molecule has 1 aromatic heterocycles. The Morgan fingerprint density at radius 3 is 2.09 bits per heavy atom. The Hall–Kier alpha value is -2.81. The van der Waals surface area contributed by atoms with Gasteiger partial charge in [0, 0.05) is 24.5 Å². The van der Waals surface area contributed by atoms with Gasteiger partial charge in [0.25, 0.3) is 0 Å². The number of anilines is 1. The fourth-order valence-electron chi connectivity index (χ4n) is 2.96. The SMILES string of the molecule is c1ccc([C+]2C(Nc3ncccn3)C2c2ccccc2)cc1. The van der Waals surface area contributed by atoms with Crippen LogP contribution in [0.5, 0.6) is 0 Å². The van der Waals surface area contributed by atoms with Crippen LogP contribution in [0.25, 0.3) is 0 Å². The van der Waals surface area contributed by atoms with Gasteiger partial charge in [0.05, 0.1) is 11.8 Å². The maximum absolute atomic E-state index is 4.28. The molecule has 0 amide bonds. The van der Waals surface area contributed by atoms with Crippen molar-refractivity contribution < 1.29 is 0 Å². The van der Waals surface area contributed by atoms with Gasteiger partial charge in [-0.1, -0.05) is 30.3 Å². The van der Waals surface area contributed by atoms with Crippen molar-refractivity contribution in [1.82, 2.24) is 9.97 Å². The van der Waals surface area contributed by atoms with Crippen molar-refractivity contribution in [2.75, 3.05) is 5.32 Å². The van der Waals surface area contributed by atoms with E-state index in [9.17, 15) is 0 Å². The topological polar surface area (TPSA) is 37.8 Å². The van der Waals surface area contributed by atoms with Crippen LogP contribution in [0.3, 0.4) is 0 Å². The highest BCUT2D eigenvalue weighted by Gasteiger charge is 2.59. The summed E-state index contributed by atoms with van der Waals surface area (Å²) in [6, 6.07) is 23.2. The first kappa shape index (κ1) is 12.9. The van der Waals surface area contributed by atoms with E-state index in [0.717, 1.165) is 0 Å². The van der Waals surface area contributed by atoms with Gasteiger partial charge in [-0.3, -0.25) is 0 Å². The average Bonchev–Trinajstić information content (AvgIpc) is 3.31. The smallest absolute Gasteiger partial charge is 0.224 e. The van der Waals surface area contributed by atoms with Gasteiger partial charge in [-0.2, -0.15) is 0 Å². The molecule has 3 aromatic rings. The summed E-state index contributed by atoms with van der Waals surface area (Å²) in [5.74, 6) is 2.46. The third kappa shape index (κ3) is 2.42. The first-order chi connectivity index (χ1) is 10.9. The summed E-state index contributed by atoms with van der Waals surface area (Å²) in [5.41, 5.74) is 2.61. The third-order valence-corrected chi connectivity index (χ3v) is 4.01. The molecule has 1 aliphatic rings. The highest BCUT2D eigenvalue weighted by atomic mass is 15.1. The van der Waals surface area contributed by atoms with Crippen molar-refractivity contribution in [2.24, 2.45) is 0 Å². The summed E-state index contributed by atoms with van der Waals surface area (Å²) in [7, 11) is 0. The molecule has 0 bridgehead atoms. The van der Waals surface area contributed by atoms with Crippen molar-refractivity contribution in [3.8, 4) is 0 Å². The summed E-state index contributed by atoms with van der Waals surface area (Å²) in [5, 5.41) is 3.45. The van der Waals surface area contributed by atoms with Gasteiger partial charge in [0.15, 0.2) is 0 Å². The molecule has 1 fully saturated rings. The molecule has 1 saturated carbocycles. The second-order valence-electron chi connectivity index (χ2n) is 5.40. The first-order valence-electron chi connectivity index (χ1n) is 7.44. The fraction of sp³-hybridized carbons (Fsp3) is 0.105. The second kappa shape index (κ2) is 5.53. The van der Waals surface area contributed by atoms with Crippen LogP contribution in [0.1, 0.15) is 17.0 Å². The van der Waals surface area contributed by atoms with Crippen LogP contribution >= 0.6 is 0 Å². The molecule has 1 heterocycles. The van der Waals surface area contributed by atoms with Gasteiger partial charge in [0.2, 0.25) is 5.95 Å². The van der Waals surface area contributed by atoms with Crippen LogP contribution in [-0.4, -0.2) is 16.0 Å². The van der Waals surface area contributed by atoms with Crippen molar-refractivity contribution in [1.29, 1.82) is 0 Å². The third-order valence-electron chi connectivity index (χ3n) is 4.01. The van der Waals surface area contributed by atoms with Gasteiger partial charge in [0.1, 0.15) is 11.6 Å². The number of rotatable bonds is 4. The highest BCUT2D eigenvalue weighted by molar-refractivity contribution is 5.59. The quantitative estimate of drug-likeness (QED) is 0.743. The van der Waals surface area contributed by atoms with Crippen LogP contribution in [0.4, 0.5) is 5.95 Å². The van der Waals surface area contributed by atoms with Crippen LogP contribution in [0.2, 0.25) is 0 Å². The Balaban J connectivity index is 1.63.